The van der Waals surface area contributed by atoms with Crippen molar-refractivity contribution in [3.05, 3.63) is 19.2 Å². The number of rotatable bonds is 3. The van der Waals surface area contributed by atoms with Crippen LogP contribution in [0.5, 0.6) is 0 Å². The maximum atomic E-state index is 8.93. The lowest BCUT2D eigenvalue weighted by Crippen LogP contribution is -2.07. The van der Waals surface area contributed by atoms with Crippen LogP contribution in [0.25, 0.3) is 0 Å². The van der Waals surface area contributed by atoms with E-state index < -0.39 is 6.10 Å². The van der Waals surface area contributed by atoms with E-state index in [9.17, 15) is 0 Å². The predicted octanol–water partition coefficient (Wildman–Crippen LogP) is 4.26. The number of hydrogen-bond donors (Lipinski definition) is 0. The summed E-state index contributed by atoms with van der Waals surface area (Å²) in [5, 5.41) is 8.93. The summed E-state index contributed by atoms with van der Waals surface area (Å²) in [6.07, 6.45) is -0.415. The molecule has 0 aliphatic carbocycles. The molecule has 1 atom stereocenters. The molecule has 1 rings (SSSR count). The second-order valence-electron chi connectivity index (χ2n) is 2.96. The van der Waals surface area contributed by atoms with E-state index in [4.69, 9.17) is 10.00 Å². The number of thiophene rings is 1. The molecule has 2 nitrogen and oxygen atoms in total. The highest BCUT2D eigenvalue weighted by atomic mass is 79.9. The first kappa shape index (κ1) is 12.2. The third-order valence-corrected chi connectivity index (χ3v) is 4.75. The maximum Gasteiger partial charge on any atom is 0.178 e. The van der Waals surface area contributed by atoms with Gasteiger partial charge in [-0.1, -0.05) is 0 Å². The standard InChI is InChI=1S/C9H9Br2NOS/c1-5(2)13-7(4-12)8-3-6(10)9(11)14-8/h3,5,7H,1-2H3. The summed E-state index contributed by atoms with van der Waals surface area (Å²) in [5.74, 6) is 0. The minimum Gasteiger partial charge on any atom is -0.355 e. The summed E-state index contributed by atoms with van der Waals surface area (Å²) in [4.78, 5) is 0.917. The molecular weight excluding hydrogens is 330 g/mol. The van der Waals surface area contributed by atoms with Crippen LogP contribution in [0.4, 0.5) is 0 Å². The van der Waals surface area contributed by atoms with Gasteiger partial charge in [0.05, 0.1) is 14.8 Å². The maximum absolute atomic E-state index is 8.93. The van der Waals surface area contributed by atoms with E-state index in [-0.39, 0.29) is 6.10 Å². The number of nitriles is 1. The fourth-order valence-electron chi connectivity index (χ4n) is 0.926. The van der Waals surface area contributed by atoms with Gasteiger partial charge >= 0.3 is 0 Å². The van der Waals surface area contributed by atoms with Crippen LogP contribution >= 0.6 is 43.2 Å². The van der Waals surface area contributed by atoms with Crippen LogP contribution in [0.1, 0.15) is 24.8 Å². The third-order valence-electron chi connectivity index (χ3n) is 1.45. The zero-order chi connectivity index (χ0) is 10.7. The van der Waals surface area contributed by atoms with Gasteiger partial charge in [0, 0.05) is 4.47 Å². The largest absolute Gasteiger partial charge is 0.355 e. The molecule has 0 N–H and O–H groups in total. The molecule has 1 heterocycles. The van der Waals surface area contributed by atoms with Gasteiger partial charge in [-0.3, -0.25) is 0 Å². The predicted molar refractivity (Wildman–Crippen MR) is 64.3 cm³/mol. The Morgan fingerprint density at radius 1 is 1.50 bits per heavy atom. The van der Waals surface area contributed by atoms with E-state index in [0.29, 0.717) is 0 Å². The van der Waals surface area contributed by atoms with Crippen LogP contribution in [0.2, 0.25) is 0 Å². The van der Waals surface area contributed by atoms with E-state index in [1.54, 1.807) is 0 Å². The Morgan fingerprint density at radius 3 is 2.50 bits per heavy atom. The molecule has 0 aromatic carbocycles. The minimum atomic E-state index is -0.470. The molecule has 0 saturated heterocycles. The van der Waals surface area contributed by atoms with Gasteiger partial charge in [0.25, 0.3) is 0 Å². The molecule has 0 radical (unpaired) electrons. The molecule has 1 aromatic heterocycles. The zero-order valence-electron chi connectivity index (χ0n) is 7.75. The topological polar surface area (TPSA) is 33.0 Å². The minimum absolute atomic E-state index is 0.0549. The van der Waals surface area contributed by atoms with Crippen molar-refractivity contribution >= 4 is 43.2 Å². The molecule has 5 heteroatoms. The molecule has 0 saturated carbocycles. The van der Waals surface area contributed by atoms with Crippen LogP contribution in [0.3, 0.4) is 0 Å². The Labute approximate surface area is 104 Å². The Bertz CT molecular complexity index is 337. The lowest BCUT2D eigenvalue weighted by atomic mass is 10.3. The fraction of sp³-hybridized carbons (Fsp3) is 0.444. The Morgan fingerprint density at radius 2 is 2.14 bits per heavy atom. The summed E-state index contributed by atoms with van der Waals surface area (Å²) < 4.78 is 7.41. The van der Waals surface area contributed by atoms with Crippen molar-refractivity contribution in [3.8, 4) is 6.07 Å². The molecule has 14 heavy (non-hydrogen) atoms. The summed E-state index contributed by atoms with van der Waals surface area (Å²) in [6, 6.07) is 4.04. The van der Waals surface area contributed by atoms with Crippen LogP contribution in [-0.4, -0.2) is 6.10 Å². The smallest absolute Gasteiger partial charge is 0.178 e. The number of halogens is 2. The molecule has 76 valence electrons. The van der Waals surface area contributed by atoms with E-state index in [1.165, 1.54) is 11.3 Å². The van der Waals surface area contributed by atoms with Gasteiger partial charge in [-0.25, -0.2) is 0 Å². The number of nitrogens with zero attached hydrogens (tertiary/aromatic N) is 1. The van der Waals surface area contributed by atoms with Crippen molar-refractivity contribution in [3.63, 3.8) is 0 Å². The Hall–Kier alpha value is 0.110. The highest BCUT2D eigenvalue weighted by Gasteiger charge is 2.16. The van der Waals surface area contributed by atoms with Crippen molar-refractivity contribution < 1.29 is 4.74 Å². The molecule has 0 spiro atoms. The van der Waals surface area contributed by atoms with E-state index >= 15 is 0 Å². The van der Waals surface area contributed by atoms with Crippen molar-refractivity contribution in [2.24, 2.45) is 0 Å². The van der Waals surface area contributed by atoms with Gasteiger partial charge in [-0.2, -0.15) is 5.26 Å². The average Bonchev–Trinajstić information content (AvgIpc) is 2.42. The molecular formula is C9H9Br2NOS. The van der Waals surface area contributed by atoms with Gasteiger partial charge in [-0.15, -0.1) is 11.3 Å². The second-order valence-corrected chi connectivity index (χ2v) is 6.22. The highest BCUT2D eigenvalue weighted by Crippen LogP contribution is 2.36. The first-order valence-electron chi connectivity index (χ1n) is 4.04. The normalized spacial score (nSPS) is 12.9. The Kier molecular flexibility index (Phi) is 4.58. The van der Waals surface area contributed by atoms with Crippen LogP contribution in [-0.2, 0) is 4.74 Å². The summed E-state index contributed by atoms with van der Waals surface area (Å²) in [5.41, 5.74) is 0. The quantitative estimate of drug-likeness (QED) is 0.824. The Balaban J connectivity index is 2.85. The van der Waals surface area contributed by atoms with Crippen LogP contribution < -0.4 is 0 Å². The van der Waals surface area contributed by atoms with E-state index in [1.807, 2.05) is 19.9 Å². The molecule has 0 amide bonds. The summed E-state index contributed by atoms with van der Waals surface area (Å²) >= 11 is 8.28. The SMILES string of the molecule is CC(C)OC(C#N)c1cc(Br)c(Br)s1. The van der Waals surface area contributed by atoms with Gasteiger partial charge in [-0.05, 0) is 51.8 Å². The van der Waals surface area contributed by atoms with Gasteiger partial charge in [0.1, 0.15) is 6.07 Å². The lowest BCUT2D eigenvalue weighted by Gasteiger charge is -2.11. The fourth-order valence-corrected chi connectivity index (χ4v) is 3.00. The van der Waals surface area contributed by atoms with Crippen molar-refractivity contribution in [2.75, 3.05) is 0 Å². The van der Waals surface area contributed by atoms with Gasteiger partial charge in [0.15, 0.2) is 6.10 Å². The molecule has 1 unspecified atom stereocenters. The van der Waals surface area contributed by atoms with Gasteiger partial charge in [0.2, 0.25) is 0 Å². The van der Waals surface area contributed by atoms with Crippen molar-refractivity contribution in [1.29, 1.82) is 5.26 Å². The van der Waals surface area contributed by atoms with E-state index in [2.05, 4.69) is 37.9 Å². The van der Waals surface area contributed by atoms with Crippen molar-refractivity contribution in [2.45, 2.75) is 26.1 Å². The second kappa shape index (κ2) is 5.26. The van der Waals surface area contributed by atoms with Crippen molar-refractivity contribution in [1.82, 2.24) is 0 Å². The van der Waals surface area contributed by atoms with Gasteiger partial charge < -0.3 is 4.74 Å². The molecule has 0 bridgehead atoms. The molecule has 1 aromatic rings. The van der Waals surface area contributed by atoms with Crippen LogP contribution in [0, 0.1) is 11.3 Å². The molecule has 0 aliphatic heterocycles. The molecule has 0 aliphatic rings. The highest BCUT2D eigenvalue weighted by molar-refractivity contribution is 9.13. The third kappa shape index (κ3) is 3.06. The average molecular weight is 339 g/mol. The number of hydrogen-bond acceptors (Lipinski definition) is 3. The first-order chi connectivity index (χ1) is 6.54. The first-order valence-corrected chi connectivity index (χ1v) is 6.44. The number of ether oxygens (including phenoxy) is 1. The van der Waals surface area contributed by atoms with E-state index in [0.717, 1.165) is 13.1 Å². The zero-order valence-corrected chi connectivity index (χ0v) is 11.7. The monoisotopic (exact) mass is 337 g/mol. The summed E-state index contributed by atoms with van der Waals surface area (Å²) in [6.45, 7) is 3.84. The summed E-state index contributed by atoms with van der Waals surface area (Å²) in [7, 11) is 0. The lowest BCUT2D eigenvalue weighted by molar-refractivity contribution is 0.0410. The van der Waals surface area contributed by atoms with Crippen LogP contribution in [0.15, 0.2) is 14.3 Å². The molecule has 0 fully saturated rings.